The van der Waals surface area contributed by atoms with Gasteiger partial charge in [0.15, 0.2) is 0 Å². The van der Waals surface area contributed by atoms with Crippen LogP contribution in [-0.2, 0) is 14.3 Å². The summed E-state index contributed by atoms with van der Waals surface area (Å²) in [5.74, 6) is 2.67. The number of nitrogens with zero attached hydrogens (tertiary/aromatic N) is 1. The smallest absolute Gasteiger partial charge is 0.242 e. The number of hydrogen-bond acceptors (Lipinski definition) is 3. The lowest BCUT2D eigenvalue weighted by Gasteiger charge is -2.56. The Morgan fingerprint density at radius 2 is 1.70 bits per heavy atom. The van der Waals surface area contributed by atoms with Gasteiger partial charge in [0.1, 0.15) is 6.04 Å². The molecule has 2 unspecified atom stereocenters. The van der Waals surface area contributed by atoms with E-state index in [1.807, 2.05) is 4.90 Å². The molecule has 0 aromatic rings. The van der Waals surface area contributed by atoms with Gasteiger partial charge < -0.3 is 15.0 Å². The zero-order chi connectivity index (χ0) is 18.4. The van der Waals surface area contributed by atoms with Crippen molar-refractivity contribution in [2.45, 2.75) is 82.8 Å². The molecule has 2 aliphatic heterocycles. The van der Waals surface area contributed by atoms with E-state index in [1.165, 1.54) is 19.3 Å². The van der Waals surface area contributed by atoms with Crippen LogP contribution in [0.15, 0.2) is 0 Å². The van der Waals surface area contributed by atoms with Gasteiger partial charge >= 0.3 is 0 Å². The van der Waals surface area contributed by atoms with Gasteiger partial charge in [-0.2, -0.15) is 0 Å². The minimum Gasteiger partial charge on any atom is -0.378 e. The van der Waals surface area contributed by atoms with E-state index in [9.17, 15) is 9.59 Å². The quantitative estimate of drug-likeness (QED) is 0.805. The number of nitrogens with one attached hydrogen (secondary N) is 1. The number of hydrogen-bond donors (Lipinski definition) is 1. The molecule has 4 bridgehead atoms. The molecule has 5 nitrogen and oxygen atoms in total. The van der Waals surface area contributed by atoms with Crippen LogP contribution in [0.5, 0.6) is 0 Å². The van der Waals surface area contributed by atoms with E-state index < -0.39 is 0 Å². The first-order valence-corrected chi connectivity index (χ1v) is 11.3. The first-order valence-electron chi connectivity index (χ1n) is 11.3. The molecule has 150 valence electrons. The second-order valence-corrected chi connectivity index (χ2v) is 10.1. The lowest BCUT2D eigenvalue weighted by atomic mass is 9.49. The van der Waals surface area contributed by atoms with Crippen molar-refractivity contribution in [3.63, 3.8) is 0 Å². The van der Waals surface area contributed by atoms with Gasteiger partial charge in [-0.15, -0.1) is 0 Å². The van der Waals surface area contributed by atoms with Crippen molar-refractivity contribution >= 4 is 11.8 Å². The fourth-order valence-electron chi connectivity index (χ4n) is 7.31. The average Bonchev–Trinajstić information content (AvgIpc) is 3.31. The fraction of sp³-hybridized carbons (Fsp3) is 0.909. The monoisotopic (exact) mass is 374 g/mol. The van der Waals surface area contributed by atoms with Gasteiger partial charge in [0.05, 0.1) is 11.5 Å². The number of likely N-dealkylation sites (tertiary alicyclic amines) is 1. The summed E-state index contributed by atoms with van der Waals surface area (Å²) >= 11 is 0. The minimum atomic E-state index is -0.241. The Morgan fingerprint density at radius 3 is 2.33 bits per heavy atom. The highest BCUT2D eigenvalue weighted by Gasteiger charge is 2.56. The van der Waals surface area contributed by atoms with Gasteiger partial charge in [0.25, 0.3) is 0 Å². The molecule has 2 atom stereocenters. The molecule has 6 fully saturated rings. The van der Waals surface area contributed by atoms with Crippen molar-refractivity contribution in [2.24, 2.45) is 23.2 Å². The summed E-state index contributed by atoms with van der Waals surface area (Å²) < 4.78 is 5.64. The number of carbonyl (C=O) groups excluding carboxylic acids is 2. The summed E-state index contributed by atoms with van der Waals surface area (Å²) in [5, 5.41) is 3.10. The zero-order valence-corrected chi connectivity index (χ0v) is 16.5. The van der Waals surface area contributed by atoms with Gasteiger partial charge in [0.2, 0.25) is 11.8 Å². The summed E-state index contributed by atoms with van der Waals surface area (Å²) in [4.78, 5) is 28.4. The van der Waals surface area contributed by atoms with Gasteiger partial charge in [-0.1, -0.05) is 0 Å². The predicted octanol–water partition coefficient (Wildman–Crippen LogP) is 2.88. The maximum absolute atomic E-state index is 13.6. The maximum atomic E-state index is 13.6. The van der Waals surface area contributed by atoms with Crippen LogP contribution in [0.1, 0.15) is 70.6 Å². The lowest BCUT2D eigenvalue weighted by molar-refractivity contribution is -0.160. The number of carbonyl (C=O) groups is 2. The predicted molar refractivity (Wildman–Crippen MR) is 102 cm³/mol. The van der Waals surface area contributed by atoms with E-state index in [0.717, 1.165) is 82.3 Å². The molecule has 1 N–H and O–H groups in total. The molecule has 2 saturated heterocycles. The van der Waals surface area contributed by atoms with Crippen LogP contribution in [-0.4, -0.2) is 48.6 Å². The van der Waals surface area contributed by atoms with Crippen LogP contribution in [0, 0.1) is 23.2 Å². The molecule has 2 heterocycles. The average molecular weight is 375 g/mol. The Labute approximate surface area is 162 Å². The SMILES string of the molecule is O=C(NCCC1CCCO1)C1CCCN1C(=O)C12CC3CC(CC(C3)C1)C2. The van der Waals surface area contributed by atoms with Crippen molar-refractivity contribution in [3.05, 3.63) is 0 Å². The van der Waals surface area contributed by atoms with Crippen LogP contribution >= 0.6 is 0 Å². The van der Waals surface area contributed by atoms with E-state index in [4.69, 9.17) is 4.74 Å². The highest BCUT2D eigenvalue weighted by Crippen LogP contribution is 2.60. The minimum absolute atomic E-state index is 0.0589. The molecule has 0 aromatic carbocycles. The largest absolute Gasteiger partial charge is 0.378 e. The van der Waals surface area contributed by atoms with Gasteiger partial charge in [-0.05, 0) is 88.4 Å². The van der Waals surface area contributed by atoms with Crippen LogP contribution < -0.4 is 5.32 Å². The van der Waals surface area contributed by atoms with Crippen molar-refractivity contribution in [1.29, 1.82) is 0 Å². The van der Waals surface area contributed by atoms with Crippen molar-refractivity contribution in [2.75, 3.05) is 19.7 Å². The van der Waals surface area contributed by atoms with Crippen LogP contribution in [0.25, 0.3) is 0 Å². The molecule has 5 heteroatoms. The molecule has 0 spiro atoms. The highest BCUT2D eigenvalue weighted by atomic mass is 16.5. The Balaban J connectivity index is 1.21. The first-order chi connectivity index (χ1) is 13.1. The fourth-order valence-corrected chi connectivity index (χ4v) is 7.31. The molecule has 27 heavy (non-hydrogen) atoms. The Kier molecular flexibility index (Phi) is 4.69. The maximum Gasteiger partial charge on any atom is 0.242 e. The lowest BCUT2D eigenvalue weighted by Crippen LogP contribution is -2.57. The van der Waals surface area contributed by atoms with E-state index in [1.54, 1.807) is 0 Å². The third-order valence-corrected chi connectivity index (χ3v) is 8.10. The third-order valence-electron chi connectivity index (χ3n) is 8.10. The summed E-state index contributed by atoms with van der Waals surface area (Å²) in [5.41, 5.74) is -0.130. The van der Waals surface area contributed by atoms with Gasteiger partial charge in [-0.3, -0.25) is 9.59 Å². The molecule has 2 amide bonds. The highest BCUT2D eigenvalue weighted by molar-refractivity contribution is 5.91. The second kappa shape index (κ2) is 7.06. The molecule has 6 aliphatic rings. The molecule has 6 rings (SSSR count). The summed E-state index contributed by atoms with van der Waals surface area (Å²) in [7, 11) is 0. The van der Waals surface area contributed by atoms with Crippen LogP contribution in [0.3, 0.4) is 0 Å². The van der Waals surface area contributed by atoms with Crippen LogP contribution in [0.4, 0.5) is 0 Å². The van der Waals surface area contributed by atoms with Crippen molar-refractivity contribution in [1.82, 2.24) is 10.2 Å². The van der Waals surface area contributed by atoms with Crippen molar-refractivity contribution in [3.8, 4) is 0 Å². The van der Waals surface area contributed by atoms with Crippen LogP contribution in [0.2, 0.25) is 0 Å². The standard InChI is InChI=1S/C22H34N2O3/c25-20(23-6-5-18-3-2-8-27-18)19-4-1-7-24(19)21(26)22-12-15-9-16(13-22)11-17(10-15)14-22/h15-19H,1-14H2,(H,23,25). The number of rotatable bonds is 5. The summed E-state index contributed by atoms with van der Waals surface area (Å²) in [6, 6.07) is -0.241. The summed E-state index contributed by atoms with van der Waals surface area (Å²) in [6.07, 6.45) is 12.5. The number of amides is 2. The van der Waals surface area contributed by atoms with Gasteiger partial charge in [-0.25, -0.2) is 0 Å². The topological polar surface area (TPSA) is 58.6 Å². The van der Waals surface area contributed by atoms with E-state index in [-0.39, 0.29) is 17.4 Å². The Morgan fingerprint density at radius 1 is 1.00 bits per heavy atom. The second-order valence-electron chi connectivity index (χ2n) is 10.1. The molecular weight excluding hydrogens is 340 g/mol. The molecule has 0 radical (unpaired) electrons. The van der Waals surface area contributed by atoms with Gasteiger partial charge in [0, 0.05) is 19.7 Å². The molecular formula is C22H34N2O3. The van der Waals surface area contributed by atoms with E-state index in [2.05, 4.69) is 5.32 Å². The Bertz CT molecular complexity index is 563. The normalized spacial score (nSPS) is 42.7. The third kappa shape index (κ3) is 3.30. The molecule has 4 saturated carbocycles. The molecule has 0 aromatic heterocycles. The van der Waals surface area contributed by atoms with E-state index in [0.29, 0.717) is 18.6 Å². The van der Waals surface area contributed by atoms with Crippen molar-refractivity contribution < 1.29 is 14.3 Å². The molecule has 4 aliphatic carbocycles. The summed E-state index contributed by atoms with van der Waals surface area (Å²) in [6.45, 7) is 2.29. The first kappa shape index (κ1) is 18.0. The number of ether oxygens (including phenoxy) is 1. The zero-order valence-electron chi connectivity index (χ0n) is 16.5. The van der Waals surface area contributed by atoms with E-state index >= 15 is 0 Å². The Hall–Kier alpha value is -1.10.